The molecule has 2 aromatic carbocycles. The molecule has 0 unspecified atom stereocenters. The van der Waals surface area contributed by atoms with E-state index in [-0.39, 0.29) is 10.9 Å². The number of pyridine rings is 1. The minimum Gasteiger partial charge on any atom is -0.378 e. The standard InChI is InChI=1S/C36H47F3N4O2/c1-4-31-26(2)34-32(17-16-30-35(34)29(36(37,38)39)24-33(44)40-30)43(31)19-11-9-7-5-6-8-10-18-41(3)25-27-12-14-28(15-13-27)42-20-22-45-23-21-42/h12-17,24H,4-11,18-23,25H2,1-3H3,(H,40,44). The van der Waals surface area contributed by atoms with Crippen molar-refractivity contribution < 1.29 is 17.9 Å². The number of aromatic amines is 1. The van der Waals surface area contributed by atoms with E-state index in [1.165, 1.54) is 36.9 Å². The molecule has 4 aromatic rings. The number of hydrogen-bond donors (Lipinski definition) is 1. The van der Waals surface area contributed by atoms with Crippen LogP contribution >= 0.6 is 0 Å². The number of aromatic nitrogens is 2. The fourth-order valence-corrected chi connectivity index (χ4v) is 6.94. The monoisotopic (exact) mass is 624 g/mol. The van der Waals surface area contributed by atoms with Crippen molar-refractivity contribution in [1.29, 1.82) is 0 Å². The summed E-state index contributed by atoms with van der Waals surface area (Å²) in [6.07, 6.45) is 4.20. The van der Waals surface area contributed by atoms with E-state index in [1.54, 1.807) is 6.07 Å². The molecule has 45 heavy (non-hydrogen) atoms. The number of aryl methyl sites for hydroxylation is 2. The summed E-state index contributed by atoms with van der Waals surface area (Å²) in [5.74, 6) is 0. The van der Waals surface area contributed by atoms with Crippen LogP contribution in [-0.4, -0.2) is 54.3 Å². The molecule has 0 aliphatic carbocycles. The van der Waals surface area contributed by atoms with Gasteiger partial charge < -0.3 is 24.1 Å². The molecule has 0 saturated carbocycles. The Bertz CT molecular complexity index is 1620. The van der Waals surface area contributed by atoms with Crippen molar-refractivity contribution in [2.45, 2.75) is 84.5 Å². The minimum absolute atomic E-state index is 0.0953. The fourth-order valence-electron chi connectivity index (χ4n) is 6.94. The zero-order valence-corrected chi connectivity index (χ0v) is 26.9. The number of morpholine rings is 1. The van der Waals surface area contributed by atoms with Crippen molar-refractivity contribution in [3.63, 3.8) is 0 Å². The van der Waals surface area contributed by atoms with E-state index < -0.39 is 17.3 Å². The molecule has 244 valence electrons. The van der Waals surface area contributed by atoms with Crippen LogP contribution in [0.4, 0.5) is 18.9 Å². The van der Waals surface area contributed by atoms with Crippen molar-refractivity contribution in [2.75, 3.05) is 44.8 Å². The summed E-state index contributed by atoms with van der Waals surface area (Å²) in [6.45, 7) is 10.3. The molecule has 0 radical (unpaired) electrons. The molecule has 0 spiro atoms. The molecule has 1 aliphatic heterocycles. The van der Waals surface area contributed by atoms with Crippen LogP contribution in [0.5, 0.6) is 0 Å². The summed E-state index contributed by atoms with van der Waals surface area (Å²) in [4.78, 5) is 19.4. The molecule has 9 heteroatoms. The number of halogens is 3. The quantitative estimate of drug-likeness (QED) is 0.144. The third-order valence-electron chi connectivity index (χ3n) is 9.24. The van der Waals surface area contributed by atoms with Crippen LogP contribution in [0.1, 0.15) is 74.3 Å². The van der Waals surface area contributed by atoms with Crippen molar-refractivity contribution in [1.82, 2.24) is 14.5 Å². The lowest BCUT2D eigenvalue weighted by atomic mass is 10.0. The van der Waals surface area contributed by atoms with Crippen molar-refractivity contribution >= 4 is 27.5 Å². The molecule has 1 N–H and O–H groups in total. The molecule has 1 saturated heterocycles. The molecule has 1 fully saturated rings. The van der Waals surface area contributed by atoms with E-state index in [9.17, 15) is 18.0 Å². The number of fused-ring (bicyclic) bond motifs is 3. The SMILES string of the molecule is CCc1c(C)c2c3c(C(F)(F)F)cc(=O)[nH]c3ccc2n1CCCCCCCCCN(C)Cc1ccc(N2CCOCC2)cc1. The number of alkyl halides is 3. The first-order valence-corrected chi connectivity index (χ1v) is 16.5. The number of H-pyrrole nitrogens is 1. The minimum atomic E-state index is -4.60. The molecule has 6 nitrogen and oxygen atoms in total. The summed E-state index contributed by atoms with van der Waals surface area (Å²) in [6, 6.07) is 13.1. The van der Waals surface area contributed by atoms with Crippen LogP contribution in [0.2, 0.25) is 0 Å². The first-order chi connectivity index (χ1) is 21.7. The van der Waals surface area contributed by atoms with Gasteiger partial charge in [-0.05, 0) is 75.2 Å². The average Bonchev–Trinajstić information content (AvgIpc) is 3.30. The first kappa shape index (κ1) is 33.1. The van der Waals surface area contributed by atoms with Gasteiger partial charge in [-0.15, -0.1) is 0 Å². The Morgan fingerprint density at radius 1 is 0.911 bits per heavy atom. The van der Waals surface area contributed by atoms with E-state index in [1.807, 2.05) is 19.9 Å². The van der Waals surface area contributed by atoms with Gasteiger partial charge in [-0.3, -0.25) is 4.79 Å². The Kier molecular flexibility index (Phi) is 10.9. The number of hydrogen-bond acceptors (Lipinski definition) is 4. The molecular formula is C36H47F3N4O2. The summed E-state index contributed by atoms with van der Waals surface area (Å²) in [7, 11) is 2.19. The number of nitrogens with one attached hydrogen (secondary N) is 1. The second-order valence-electron chi connectivity index (χ2n) is 12.5. The van der Waals surface area contributed by atoms with E-state index in [4.69, 9.17) is 4.74 Å². The number of anilines is 1. The maximum atomic E-state index is 14.0. The zero-order valence-electron chi connectivity index (χ0n) is 26.9. The third kappa shape index (κ3) is 7.93. The van der Waals surface area contributed by atoms with E-state index in [0.29, 0.717) is 11.5 Å². The van der Waals surface area contributed by atoms with Crippen LogP contribution < -0.4 is 10.5 Å². The first-order valence-electron chi connectivity index (χ1n) is 16.5. The average molecular weight is 625 g/mol. The Morgan fingerprint density at radius 3 is 2.24 bits per heavy atom. The van der Waals surface area contributed by atoms with Gasteiger partial charge in [0.05, 0.1) is 18.8 Å². The number of nitrogens with zero attached hydrogens (tertiary/aromatic N) is 3. The van der Waals surface area contributed by atoms with Crippen molar-refractivity contribution in [3.8, 4) is 0 Å². The number of ether oxygens (including phenoxy) is 1. The highest BCUT2D eigenvalue weighted by Crippen LogP contribution is 2.39. The Hall–Kier alpha value is -3.30. The maximum absolute atomic E-state index is 14.0. The predicted molar refractivity (Wildman–Crippen MR) is 177 cm³/mol. The maximum Gasteiger partial charge on any atom is 0.417 e. The molecule has 0 amide bonds. The molecule has 0 bridgehead atoms. The summed E-state index contributed by atoms with van der Waals surface area (Å²) < 4.78 is 49.6. The molecular weight excluding hydrogens is 577 g/mol. The molecule has 0 atom stereocenters. The van der Waals surface area contributed by atoms with Crippen molar-refractivity contribution in [2.24, 2.45) is 0 Å². The molecule has 2 aromatic heterocycles. The normalized spacial score (nSPS) is 14.3. The number of rotatable bonds is 14. The van der Waals surface area contributed by atoms with Crippen LogP contribution in [0.15, 0.2) is 47.3 Å². The van der Waals surface area contributed by atoms with Crippen LogP contribution in [0.3, 0.4) is 0 Å². The topological polar surface area (TPSA) is 53.5 Å². The summed E-state index contributed by atoms with van der Waals surface area (Å²) in [5.41, 5.74) is 3.99. The van der Waals surface area contributed by atoms with Crippen LogP contribution in [0, 0.1) is 6.92 Å². The highest BCUT2D eigenvalue weighted by atomic mass is 19.4. The van der Waals surface area contributed by atoms with Gasteiger partial charge in [0, 0.05) is 65.4 Å². The van der Waals surface area contributed by atoms with Crippen LogP contribution in [-0.2, 0) is 30.4 Å². The van der Waals surface area contributed by atoms with E-state index >= 15 is 0 Å². The number of benzene rings is 2. The highest BCUT2D eigenvalue weighted by Gasteiger charge is 2.34. The number of unbranched alkanes of at least 4 members (excludes halogenated alkanes) is 6. The van der Waals surface area contributed by atoms with Gasteiger partial charge in [0.1, 0.15) is 0 Å². The fraction of sp³-hybridized carbons (Fsp3) is 0.528. The predicted octanol–water partition coefficient (Wildman–Crippen LogP) is 8.07. The lowest BCUT2D eigenvalue weighted by Crippen LogP contribution is -2.36. The Labute approximate surface area is 264 Å². The Balaban J connectivity index is 1.06. The summed E-state index contributed by atoms with van der Waals surface area (Å²) in [5, 5.41) is 0.695. The highest BCUT2D eigenvalue weighted by molar-refractivity contribution is 6.09. The second kappa shape index (κ2) is 14.9. The second-order valence-corrected chi connectivity index (χ2v) is 12.5. The van der Waals surface area contributed by atoms with Gasteiger partial charge in [-0.25, -0.2) is 0 Å². The van der Waals surface area contributed by atoms with Crippen LogP contribution in [0.25, 0.3) is 21.8 Å². The zero-order chi connectivity index (χ0) is 32.0. The molecule has 5 rings (SSSR count). The van der Waals surface area contributed by atoms with Gasteiger partial charge in [0.15, 0.2) is 0 Å². The van der Waals surface area contributed by atoms with E-state index in [0.717, 1.165) is 88.4 Å². The van der Waals surface area contributed by atoms with Gasteiger partial charge in [0.25, 0.3) is 0 Å². The molecule has 1 aliphatic rings. The lowest BCUT2D eigenvalue weighted by molar-refractivity contribution is -0.136. The largest absolute Gasteiger partial charge is 0.417 e. The Morgan fingerprint density at radius 2 is 1.58 bits per heavy atom. The smallest absolute Gasteiger partial charge is 0.378 e. The van der Waals surface area contributed by atoms with E-state index in [2.05, 4.69) is 50.7 Å². The third-order valence-corrected chi connectivity index (χ3v) is 9.24. The van der Waals surface area contributed by atoms with Gasteiger partial charge in [0.2, 0.25) is 5.56 Å². The van der Waals surface area contributed by atoms with Gasteiger partial charge in [-0.1, -0.05) is 51.2 Å². The molecule has 3 heterocycles. The van der Waals surface area contributed by atoms with Gasteiger partial charge in [-0.2, -0.15) is 13.2 Å². The lowest BCUT2D eigenvalue weighted by Gasteiger charge is -2.29. The van der Waals surface area contributed by atoms with Crippen molar-refractivity contribution in [3.05, 3.63) is 75.2 Å². The summed E-state index contributed by atoms with van der Waals surface area (Å²) >= 11 is 0. The van der Waals surface area contributed by atoms with Gasteiger partial charge >= 0.3 is 6.18 Å².